The van der Waals surface area contributed by atoms with Gasteiger partial charge in [0.15, 0.2) is 4.77 Å². The molecule has 11 heteroatoms. The van der Waals surface area contributed by atoms with E-state index < -0.39 is 17.6 Å². The molecular weight excluding hydrogens is 407 g/mol. The van der Waals surface area contributed by atoms with E-state index in [0.717, 1.165) is 23.6 Å². The molecule has 1 aromatic carbocycles. The van der Waals surface area contributed by atoms with Gasteiger partial charge in [-0.05, 0) is 25.1 Å². The average Bonchev–Trinajstić information content (AvgIpc) is 3.42. The van der Waals surface area contributed by atoms with Crippen molar-refractivity contribution in [3.05, 3.63) is 63.2 Å². The van der Waals surface area contributed by atoms with Gasteiger partial charge >= 0.3 is 6.18 Å². The van der Waals surface area contributed by atoms with Crippen LogP contribution >= 0.6 is 12.2 Å². The predicted molar refractivity (Wildman–Crippen MR) is 103 cm³/mol. The van der Waals surface area contributed by atoms with E-state index in [1.807, 2.05) is 0 Å². The number of nitro groups is 1. The molecule has 0 amide bonds. The number of nitrogens with zero attached hydrogens (tertiary/aromatic N) is 5. The summed E-state index contributed by atoms with van der Waals surface area (Å²) in [6.07, 6.45) is -0.889. The Hall–Kier alpha value is -2.53. The summed E-state index contributed by atoms with van der Waals surface area (Å²) in [5.41, 5.74) is -0.0275. The molecule has 2 aromatic rings. The molecule has 29 heavy (non-hydrogen) atoms. The highest BCUT2D eigenvalue weighted by Gasteiger charge is 2.33. The number of aromatic nitrogens is 3. The summed E-state index contributed by atoms with van der Waals surface area (Å²) < 4.78 is 42.9. The summed E-state index contributed by atoms with van der Waals surface area (Å²) >= 11 is 5.42. The van der Waals surface area contributed by atoms with Crippen LogP contribution in [0.1, 0.15) is 30.1 Å². The number of allylic oxidation sites excluding steroid dienone is 1. The van der Waals surface area contributed by atoms with Crippen LogP contribution in [0.15, 0.2) is 36.9 Å². The van der Waals surface area contributed by atoms with Crippen molar-refractivity contribution < 1.29 is 18.1 Å². The Morgan fingerprint density at radius 1 is 1.38 bits per heavy atom. The van der Waals surface area contributed by atoms with Gasteiger partial charge < -0.3 is 0 Å². The molecule has 1 aliphatic rings. The first-order valence-corrected chi connectivity index (χ1v) is 9.40. The second kappa shape index (κ2) is 8.46. The maximum Gasteiger partial charge on any atom is 0.401 e. The van der Waals surface area contributed by atoms with Crippen molar-refractivity contribution in [1.29, 1.82) is 0 Å². The fourth-order valence-corrected chi connectivity index (χ4v) is 3.42. The van der Waals surface area contributed by atoms with Crippen molar-refractivity contribution in [1.82, 2.24) is 19.2 Å². The van der Waals surface area contributed by atoms with E-state index in [1.54, 1.807) is 16.7 Å². The molecule has 0 atom stereocenters. The second-order valence-corrected chi connectivity index (χ2v) is 7.31. The number of benzene rings is 1. The lowest BCUT2D eigenvalue weighted by Gasteiger charge is -2.23. The van der Waals surface area contributed by atoms with Crippen molar-refractivity contribution in [3.8, 4) is 0 Å². The van der Waals surface area contributed by atoms with Crippen molar-refractivity contribution in [2.75, 3.05) is 6.54 Å². The van der Waals surface area contributed by atoms with E-state index in [4.69, 9.17) is 12.2 Å². The molecule has 3 rings (SSSR count). The molecule has 0 saturated heterocycles. The molecule has 7 nitrogen and oxygen atoms in total. The zero-order valence-electron chi connectivity index (χ0n) is 15.5. The van der Waals surface area contributed by atoms with Gasteiger partial charge in [-0.3, -0.25) is 19.6 Å². The van der Waals surface area contributed by atoms with Crippen LogP contribution in [0.5, 0.6) is 0 Å². The van der Waals surface area contributed by atoms with Crippen LogP contribution in [0.4, 0.5) is 18.9 Å². The van der Waals surface area contributed by atoms with Crippen LogP contribution in [0.3, 0.4) is 0 Å². The minimum absolute atomic E-state index is 0.196. The first-order chi connectivity index (χ1) is 13.7. The minimum Gasteiger partial charge on any atom is -0.300 e. The highest BCUT2D eigenvalue weighted by atomic mass is 32.1. The Bertz CT molecular complexity index is 965. The molecule has 0 aliphatic heterocycles. The highest BCUT2D eigenvalue weighted by molar-refractivity contribution is 7.71. The first kappa shape index (κ1) is 21.2. The van der Waals surface area contributed by atoms with E-state index >= 15 is 0 Å². The Balaban J connectivity index is 1.91. The predicted octanol–water partition coefficient (Wildman–Crippen LogP) is 4.41. The summed E-state index contributed by atoms with van der Waals surface area (Å²) in [7, 11) is 0. The molecule has 0 N–H and O–H groups in total. The molecular formula is C18H20F3N5O2S. The van der Waals surface area contributed by atoms with Crippen LogP contribution in [-0.2, 0) is 19.8 Å². The molecule has 0 bridgehead atoms. The number of para-hydroxylation sites is 1. The lowest BCUT2D eigenvalue weighted by Crippen LogP contribution is -2.35. The van der Waals surface area contributed by atoms with E-state index in [-0.39, 0.29) is 30.4 Å². The number of rotatable bonds is 9. The maximum atomic E-state index is 13.2. The lowest BCUT2D eigenvalue weighted by atomic mass is 10.1. The molecule has 0 spiro atoms. The molecule has 0 unspecified atom stereocenters. The van der Waals surface area contributed by atoms with Crippen LogP contribution in [-0.4, -0.2) is 36.9 Å². The number of alkyl halides is 3. The second-order valence-electron chi connectivity index (χ2n) is 6.94. The summed E-state index contributed by atoms with van der Waals surface area (Å²) in [5, 5.41) is 15.7. The monoisotopic (exact) mass is 427 g/mol. The number of hydrogen-bond acceptors (Lipinski definition) is 5. The maximum absolute atomic E-state index is 13.2. The largest absolute Gasteiger partial charge is 0.401 e. The van der Waals surface area contributed by atoms with E-state index in [9.17, 15) is 23.3 Å². The first-order valence-electron chi connectivity index (χ1n) is 8.99. The number of halogens is 3. The zero-order chi connectivity index (χ0) is 21.2. The Labute approximate surface area is 170 Å². The highest BCUT2D eigenvalue weighted by Crippen LogP contribution is 2.39. The fourth-order valence-electron chi connectivity index (χ4n) is 3.16. The molecule has 1 saturated carbocycles. The van der Waals surface area contributed by atoms with Gasteiger partial charge in [0.25, 0.3) is 5.69 Å². The Morgan fingerprint density at radius 3 is 2.66 bits per heavy atom. The van der Waals surface area contributed by atoms with Crippen LogP contribution in [0.25, 0.3) is 0 Å². The third-order valence-corrected chi connectivity index (χ3v) is 4.96. The van der Waals surface area contributed by atoms with Gasteiger partial charge in [-0.15, -0.1) is 6.58 Å². The van der Waals surface area contributed by atoms with Gasteiger partial charge in [-0.25, -0.2) is 4.68 Å². The van der Waals surface area contributed by atoms with Crippen molar-refractivity contribution >= 4 is 17.9 Å². The van der Waals surface area contributed by atoms with Gasteiger partial charge in [-0.2, -0.15) is 18.3 Å². The lowest BCUT2D eigenvalue weighted by molar-refractivity contribution is -0.385. The summed E-state index contributed by atoms with van der Waals surface area (Å²) in [4.78, 5) is 11.7. The third-order valence-electron chi connectivity index (χ3n) is 4.52. The topological polar surface area (TPSA) is 69.1 Å². The number of nitro benzene ring substituents is 1. The van der Waals surface area contributed by atoms with Gasteiger partial charge in [-0.1, -0.05) is 24.3 Å². The van der Waals surface area contributed by atoms with Crippen LogP contribution < -0.4 is 0 Å². The summed E-state index contributed by atoms with van der Waals surface area (Å²) in [6, 6.07) is 5.76. The molecule has 1 heterocycles. The van der Waals surface area contributed by atoms with Gasteiger partial charge in [0, 0.05) is 30.6 Å². The van der Waals surface area contributed by atoms with Crippen molar-refractivity contribution in [2.45, 2.75) is 44.7 Å². The van der Waals surface area contributed by atoms with E-state index in [1.165, 1.54) is 22.9 Å². The summed E-state index contributed by atoms with van der Waals surface area (Å²) in [6.45, 7) is 2.39. The standard InChI is InChI=1S/C18H20F3N5O2S/c1-2-9-24-16(13-7-8-13)22-25(17(24)29)12-23(11-18(19,20)21)10-14-5-3-4-6-15(14)26(27)28/h2-6,13H,1,7-12H2. The van der Waals surface area contributed by atoms with E-state index in [0.29, 0.717) is 11.3 Å². The third kappa shape index (κ3) is 5.30. The molecule has 1 fully saturated rings. The average molecular weight is 427 g/mol. The zero-order valence-corrected chi connectivity index (χ0v) is 16.3. The molecule has 0 radical (unpaired) electrons. The van der Waals surface area contributed by atoms with Crippen LogP contribution in [0.2, 0.25) is 0 Å². The van der Waals surface area contributed by atoms with Gasteiger partial charge in [0.05, 0.1) is 18.1 Å². The fraction of sp³-hybridized carbons (Fsp3) is 0.444. The van der Waals surface area contributed by atoms with Gasteiger partial charge in [0.2, 0.25) is 0 Å². The Kier molecular flexibility index (Phi) is 6.18. The Morgan fingerprint density at radius 2 is 2.07 bits per heavy atom. The number of hydrogen-bond donors (Lipinski definition) is 0. The normalized spacial score (nSPS) is 14.3. The van der Waals surface area contributed by atoms with Crippen molar-refractivity contribution in [2.24, 2.45) is 0 Å². The van der Waals surface area contributed by atoms with Crippen LogP contribution in [0, 0.1) is 14.9 Å². The quantitative estimate of drug-likeness (QED) is 0.257. The van der Waals surface area contributed by atoms with E-state index in [2.05, 4.69) is 11.7 Å². The molecule has 1 aromatic heterocycles. The van der Waals surface area contributed by atoms with Gasteiger partial charge in [0.1, 0.15) is 5.82 Å². The molecule has 156 valence electrons. The van der Waals surface area contributed by atoms with Crippen molar-refractivity contribution in [3.63, 3.8) is 0 Å². The SMILES string of the molecule is C=CCn1c(C2CC2)nn(CN(Cc2ccccc2[N+](=O)[O-])CC(F)(F)F)c1=S. The molecule has 1 aliphatic carbocycles. The summed E-state index contributed by atoms with van der Waals surface area (Å²) in [5.74, 6) is 0.997. The smallest absolute Gasteiger partial charge is 0.300 e. The minimum atomic E-state index is -4.48.